The first-order valence-electron chi connectivity index (χ1n) is 9.10. The summed E-state index contributed by atoms with van der Waals surface area (Å²) in [5.41, 5.74) is 2.34. The maximum atomic E-state index is 10.6. The van der Waals surface area contributed by atoms with Gasteiger partial charge in [-0.2, -0.15) is 10.4 Å². The highest BCUT2D eigenvalue weighted by molar-refractivity contribution is 5.89. The standard InChI is InChI=1S/C19H16N4O2/c1-11-7-17(25-2)15(13-5-6-21-18(11)13)10-23-19(24)14-8-12(9-20)3-4-16(14)22-23/h3-8,21,24H,10H2,1-2H3/i1D3. The molecule has 0 saturated carbocycles. The SMILES string of the molecule is [2H]C([2H])([2H])c1cc(OC)c(Cn2nc3ccc(C#N)cc3c2O)c2cc[nH]c12. The molecule has 2 aromatic heterocycles. The van der Waals surface area contributed by atoms with Crippen molar-refractivity contribution in [3.63, 3.8) is 0 Å². The van der Waals surface area contributed by atoms with E-state index in [0.29, 0.717) is 38.7 Å². The lowest BCUT2D eigenvalue weighted by atomic mass is 10.0. The van der Waals surface area contributed by atoms with Gasteiger partial charge >= 0.3 is 0 Å². The first-order valence-corrected chi connectivity index (χ1v) is 7.60. The van der Waals surface area contributed by atoms with Gasteiger partial charge < -0.3 is 14.8 Å². The Morgan fingerprint density at radius 3 is 3.00 bits per heavy atom. The Morgan fingerprint density at radius 1 is 1.36 bits per heavy atom. The number of aryl methyl sites for hydroxylation is 1. The third-order valence-corrected chi connectivity index (χ3v) is 4.28. The van der Waals surface area contributed by atoms with Crippen LogP contribution in [0.25, 0.3) is 21.8 Å². The van der Waals surface area contributed by atoms with Crippen molar-refractivity contribution >= 4 is 21.8 Å². The van der Waals surface area contributed by atoms with Gasteiger partial charge in [-0.05, 0) is 42.7 Å². The summed E-state index contributed by atoms with van der Waals surface area (Å²) in [6.07, 6.45) is 1.67. The van der Waals surface area contributed by atoms with Crippen molar-refractivity contribution in [3.05, 3.63) is 53.2 Å². The van der Waals surface area contributed by atoms with E-state index in [-0.39, 0.29) is 18.0 Å². The van der Waals surface area contributed by atoms with Crippen molar-refractivity contribution in [1.29, 1.82) is 5.26 Å². The predicted octanol–water partition coefficient (Wildman–Crippen LogP) is 3.46. The Balaban J connectivity index is 1.89. The molecule has 0 aliphatic rings. The number of nitrogens with zero attached hydrogens (tertiary/aromatic N) is 3. The van der Waals surface area contributed by atoms with Crippen LogP contribution in [0.1, 0.15) is 20.8 Å². The largest absolute Gasteiger partial charge is 0.496 e. The van der Waals surface area contributed by atoms with Crippen molar-refractivity contribution in [2.75, 3.05) is 7.11 Å². The van der Waals surface area contributed by atoms with Crippen LogP contribution in [0.2, 0.25) is 0 Å². The fourth-order valence-corrected chi connectivity index (χ4v) is 3.06. The van der Waals surface area contributed by atoms with Gasteiger partial charge in [0.25, 0.3) is 0 Å². The number of hydrogen-bond acceptors (Lipinski definition) is 4. The van der Waals surface area contributed by atoms with Crippen LogP contribution in [0.4, 0.5) is 0 Å². The molecule has 0 aliphatic carbocycles. The number of aromatic nitrogens is 3. The number of fused-ring (bicyclic) bond motifs is 2. The lowest BCUT2D eigenvalue weighted by Crippen LogP contribution is -2.04. The first-order chi connectivity index (χ1) is 13.3. The van der Waals surface area contributed by atoms with Crippen LogP contribution >= 0.6 is 0 Å². The zero-order valence-electron chi connectivity index (χ0n) is 16.4. The number of ether oxygens (including phenoxy) is 1. The number of aromatic amines is 1. The lowest BCUT2D eigenvalue weighted by Gasteiger charge is -2.12. The quantitative estimate of drug-likeness (QED) is 0.600. The van der Waals surface area contributed by atoms with E-state index in [1.807, 2.05) is 6.07 Å². The van der Waals surface area contributed by atoms with E-state index >= 15 is 0 Å². The second kappa shape index (κ2) is 5.56. The number of rotatable bonds is 3. The van der Waals surface area contributed by atoms with Crippen LogP contribution in [0.15, 0.2) is 36.5 Å². The highest BCUT2D eigenvalue weighted by atomic mass is 16.5. The third kappa shape index (κ3) is 2.29. The lowest BCUT2D eigenvalue weighted by molar-refractivity contribution is 0.396. The monoisotopic (exact) mass is 335 g/mol. The van der Waals surface area contributed by atoms with Gasteiger partial charge in [-0.15, -0.1) is 0 Å². The summed E-state index contributed by atoms with van der Waals surface area (Å²) in [6, 6.07) is 10.2. The molecule has 0 unspecified atom stereocenters. The zero-order chi connectivity index (χ0) is 20.1. The maximum Gasteiger partial charge on any atom is 0.217 e. The molecule has 0 atom stereocenters. The summed E-state index contributed by atoms with van der Waals surface area (Å²) in [6.45, 7) is -2.13. The number of nitrogens with one attached hydrogen (secondary N) is 1. The van der Waals surface area contributed by atoms with Crippen molar-refractivity contribution in [3.8, 4) is 17.7 Å². The number of nitriles is 1. The van der Waals surface area contributed by atoms with E-state index < -0.39 is 6.85 Å². The second-order valence-electron chi connectivity index (χ2n) is 5.70. The first kappa shape index (κ1) is 12.0. The van der Waals surface area contributed by atoms with Gasteiger partial charge in [-0.25, -0.2) is 4.68 Å². The van der Waals surface area contributed by atoms with Gasteiger partial charge in [0.1, 0.15) is 5.75 Å². The normalized spacial score (nSPS) is 13.4. The number of benzene rings is 2. The van der Waals surface area contributed by atoms with Crippen molar-refractivity contribution in [2.24, 2.45) is 0 Å². The molecule has 2 N–H and O–H groups in total. The summed E-state index contributed by atoms with van der Waals surface area (Å²) in [4.78, 5) is 2.98. The van der Waals surface area contributed by atoms with E-state index in [9.17, 15) is 5.11 Å². The Kier molecular flexibility index (Phi) is 2.67. The molecule has 0 aliphatic heterocycles. The summed E-state index contributed by atoms with van der Waals surface area (Å²) in [5, 5.41) is 25.2. The molecule has 0 fully saturated rings. The average Bonchev–Trinajstić information content (AvgIpc) is 3.26. The molecule has 0 amide bonds. The summed E-state index contributed by atoms with van der Waals surface area (Å²) in [5.74, 6) is 0.327. The highest BCUT2D eigenvalue weighted by Crippen LogP contribution is 2.33. The molecule has 0 spiro atoms. The molecule has 6 nitrogen and oxygen atoms in total. The summed E-state index contributed by atoms with van der Waals surface area (Å²) < 4.78 is 30.2. The van der Waals surface area contributed by atoms with E-state index in [1.165, 1.54) is 17.9 Å². The van der Waals surface area contributed by atoms with Gasteiger partial charge in [0, 0.05) is 26.8 Å². The Morgan fingerprint density at radius 2 is 2.24 bits per heavy atom. The molecular formula is C19H16N4O2. The fourth-order valence-electron chi connectivity index (χ4n) is 3.06. The van der Waals surface area contributed by atoms with Crippen LogP contribution in [-0.2, 0) is 6.54 Å². The van der Waals surface area contributed by atoms with E-state index in [2.05, 4.69) is 10.1 Å². The topological polar surface area (TPSA) is 86.9 Å². The molecule has 25 heavy (non-hydrogen) atoms. The van der Waals surface area contributed by atoms with Crippen LogP contribution in [0.3, 0.4) is 0 Å². The molecule has 4 rings (SSSR count). The molecule has 124 valence electrons. The number of aromatic hydroxyl groups is 1. The van der Waals surface area contributed by atoms with Crippen LogP contribution in [0.5, 0.6) is 11.6 Å². The fraction of sp³-hybridized carbons (Fsp3) is 0.158. The smallest absolute Gasteiger partial charge is 0.217 e. The maximum absolute atomic E-state index is 10.6. The molecule has 0 radical (unpaired) electrons. The summed E-state index contributed by atoms with van der Waals surface area (Å²) in [7, 11) is 1.47. The van der Waals surface area contributed by atoms with Gasteiger partial charge in [-0.3, -0.25) is 0 Å². The van der Waals surface area contributed by atoms with E-state index in [4.69, 9.17) is 14.1 Å². The molecule has 0 bridgehead atoms. The zero-order valence-corrected chi connectivity index (χ0v) is 13.4. The van der Waals surface area contributed by atoms with Crippen LogP contribution in [-0.4, -0.2) is 27.0 Å². The number of methoxy groups -OCH3 is 1. The molecule has 0 saturated heterocycles. The molecular weight excluding hydrogens is 316 g/mol. The minimum absolute atomic E-state index is 0.0715. The van der Waals surface area contributed by atoms with Gasteiger partial charge in [-0.1, -0.05) is 0 Å². The molecule has 2 aromatic carbocycles. The highest BCUT2D eigenvalue weighted by Gasteiger charge is 2.16. The Bertz CT molecular complexity index is 1250. The van der Waals surface area contributed by atoms with Crippen LogP contribution < -0.4 is 4.74 Å². The molecule has 4 aromatic rings. The molecule has 6 heteroatoms. The van der Waals surface area contributed by atoms with Crippen molar-refractivity contribution < 1.29 is 14.0 Å². The van der Waals surface area contributed by atoms with E-state index in [0.717, 1.165) is 0 Å². The van der Waals surface area contributed by atoms with Crippen molar-refractivity contribution in [2.45, 2.75) is 13.4 Å². The third-order valence-electron chi connectivity index (χ3n) is 4.28. The number of hydrogen-bond donors (Lipinski definition) is 2. The van der Waals surface area contributed by atoms with Gasteiger partial charge in [0.2, 0.25) is 5.88 Å². The van der Waals surface area contributed by atoms with Crippen molar-refractivity contribution in [1.82, 2.24) is 14.8 Å². The molecule has 2 heterocycles. The average molecular weight is 335 g/mol. The predicted molar refractivity (Wildman–Crippen MR) is 94.8 cm³/mol. The summed E-state index contributed by atoms with van der Waals surface area (Å²) >= 11 is 0. The Labute approximate surface area is 148 Å². The Hall–Kier alpha value is -3.46. The minimum atomic E-state index is -2.30. The second-order valence-corrected chi connectivity index (χ2v) is 5.70. The van der Waals surface area contributed by atoms with Gasteiger partial charge in [0.05, 0.1) is 36.2 Å². The minimum Gasteiger partial charge on any atom is -0.496 e. The van der Waals surface area contributed by atoms with E-state index in [1.54, 1.807) is 30.5 Å². The van der Waals surface area contributed by atoms with Crippen LogP contribution in [0, 0.1) is 18.2 Å². The number of H-pyrrole nitrogens is 1. The van der Waals surface area contributed by atoms with Gasteiger partial charge in [0.15, 0.2) is 0 Å².